The highest BCUT2D eigenvalue weighted by Gasteiger charge is 2.33. The number of nitrogens with two attached hydrogens (primary N) is 1. The van der Waals surface area contributed by atoms with E-state index in [2.05, 4.69) is 46.4 Å². The summed E-state index contributed by atoms with van der Waals surface area (Å²) in [6.45, 7) is 0.496. The van der Waals surface area contributed by atoms with Gasteiger partial charge in [0.1, 0.15) is 42.0 Å². The van der Waals surface area contributed by atoms with Crippen LogP contribution in [0.3, 0.4) is 0 Å². The Labute approximate surface area is 429 Å². The lowest BCUT2D eigenvalue weighted by Crippen LogP contribution is -2.59. The summed E-state index contributed by atoms with van der Waals surface area (Å²) in [7, 11) is -4.79. The second-order valence-electron chi connectivity index (χ2n) is 16.5. The molecular formula is C47H59N9O14S3. The van der Waals surface area contributed by atoms with Gasteiger partial charge in [0, 0.05) is 43.3 Å². The number of carboxylic acids is 1. The SMILES string of the molecule is CSCC[C@H](NC(=O)[C@H](Cc1ccc(OS(=O)(=O)O)cc1)NC(C)=O)C(=O)NCC(=O)N[C@@H](Cc1c[nH]c2ccccc12)C(=O)N[C@H](CCSC)C(=O)N[C@@H](CC(=O)O)C(=O)N[C@@H](Cc1ccccc1)C(N)=O. The Balaban J connectivity index is 1.51. The second kappa shape index (κ2) is 28.8. The van der Waals surface area contributed by atoms with E-state index < -0.39 is 113 Å². The van der Waals surface area contributed by atoms with Crippen LogP contribution in [0.2, 0.25) is 0 Å². The van der Waals surface area contributed by atoms with Crippen molar-refractivity contribution in [2.45, 2.75) is 81.7 Å². The molecule has 12 N–H and O–H groups in total. The van der Waals surface area contributed by atoms with Gasteiger partial charge in [-0.25, -0.2) is 0 Å². The summed E-state index contributed by atoms with van der Waals surface area (Å²) >= 11 is 2.70. The van der Waals surface area contributed by atoms with E-state index in [0.717, 1.165) is 10.9 Å². The minimum Gasteiger partial charge on any atom is -0.481 e. The van der Waals surface area contributed by atoms with Crippen molar-refractivity contribution >= 4 is 98.1 Å². The van der Waals surface area contributed by atoms with Crippen molar-refractivity contribution in [3.05, 3.63) is 102 Å². The average Bonchev–Trinajstić information content (AvgIpc) is 3.74. The summed E-state index contributed by atoms with van der Waals surface area (Å²) in [4.78, 5) is 122. The molecule has 0 saturated carbocycles. The maximum atomic E-state index is 14.3. The van der Waals surface area contributed by atoms with Crippen molar-refractivity contribution in [1.29, 1.82) is 0 Å². The van der Waals surface area contributed by atoms with E-state index in [4.69, 9.17) is 10.3 Å². The topological polar surface area (TPSA) is 363 Å². The van der Waals surface area contributed by atoms with E-state index in [-0.39, 0.29) is 37.9 Å². The van der Waals surface area contributed by atoms with Crippen LogP contribution in [0, 0.1) is 0 Å². The predicted octanol–water partition coefficient (Wildman–Crippen LogP) is -0.111. The van der Waals surface area contributed by atoms with E-state index in [1.807, 2.05) is 0 Å². The Bertz CT molecular complexity index is 2690. The quantitative estimate of drug-likeness (QED) is 0.0304. The van der Waals surface area contributed by atoms with Crippen LogP contribution in [0.5, 0.6) is 5.75 Å². The minimum absolute atomic E-state index is 0.00782. The summed E-state index contributed by atoms with van der Waals surface area (Å²) < 4.78 is 35.6. The van der Waals surface area contributed by atoms with E-state index >= 15 is 0 Å². The molecule has 6 atom stereocenters. The number of hydrogen-bond donors (Lipinski definition) is 11. The number of nitrogens with one attached hydrogen (secondary N) is 8. The lowest BCUT2D eigenvalue weighted by Gasteiger charge is -2.26. The molecule has 1 aromatic heterocycles. The van der Waals surface area contributed by atoms with Crippen LogP contribution in [0.15, 0.2) is 85.1 Å². The maximum absolute atomic E-state index is 14.3. The van der Waals surface area contributed by atoms with Gasteiger partial charge in [0.15, 0.2) is 0 Å². The van der Waals surface area contributed by atoms with Crippen molar-refractivity contribution in [3.8, 4) is 5.75 Å². The van der Waals surface area contributed by atoms with Gasteiger partial charge in [-0.1, -0.05) is 60.7 Å². The number of aliphatic carboxylic acids is 1. The number of aromatic nitrogens is 1. The molecule has 0 aliphatic rings. The van der Waals surface area contributed by atoms with Gasteiger partial charge in [-0.3, -0.25) is 47.7 Å². The maximum Gasteiger partial charge on any atom is 0.446 e. The van der Waals surface area contributed by atoms with E-state index in [0.29, 0.717) is 28.2 Å². The number of carbonyl (C=O) groups is 9. The molecule has 3 aromatic carbocycles. The molecule has 0 aliphatic heterocycles. The van der Waals surface area contributed by atoms with Gasteiger partial charge >= 0.3 is 16.4 Å². The lowest BCUT2D eigenvalue weighted by molar-refractivity contribution is -0.141. The van der Waals surface area contributed by atoms with Crippen molar-refractivity contribution in [1.82, 2.24) is 42.2 Å². The van der Waals surface area contributed by atoms with Gasteiger partial charge in [0.05, 0.1) is 13.0 Å². The fraction of sp³-hybridized carbons (Fsp3) is 0.383. The minimum atomic E-state index is -4.79. The molecule has 4 rings (SSSR count). The van der Waals surface area contributed by atoms with Gasteiger partial charge in [0.25, 0.3) is 0 Å². The highest BCUT2D eigenvalue weighted by molar-refractivity contribution is 7.98. The monoisotopic (exact) mass is 1070 g/mol. The molecule has 73 heavy (non-hydrogen) atoms. The third-order valence-corrected chi connectivity index (χ3v) is 12.6. The van der Waals surface area contributed by atoms with Crippen LogP contribution in [-0.4, -0.2) is 143 Å². The Morgan fingerprint density at radius 1 is 0.630 bits per heavy atom. The molecule has 0 saturated heterocycles. The molecule has 4 aromatic rings. The highest BCUT2D eigenvalue weighted by Crippen LogP contribution is 2.20. The number of rotatable bonds is 30. The molecule has 394 valence electrons. The average molecular weight is 1070 g/mol. The number of primary amides is 1. The number of fused-ring (bicyclic) bond motifs is 1. The van der Waals surface area contributed by atoms with Crippen molar-refractivity contribution in [2.75, 3.05) is 30.6 Å². The summed E-state index contributed by atoms with van der Waals surface area (Å²) in [5.74, 6) is -7.64. The number of thioether (sulfide) groups is 2. The van der Waals surface area contributed by atoms with Gasteiger partial charge in [0.2, 0.25) is 47.3 Å². The first-order valence-electron chi connectivity index (χ1n) is 22.6. The molecule has 0 unspecified atom stereocenters. The van der Waals surface area contributed by atoms with Gasteiger partial charge < -0.3 is 57.2 Å². The number of benzene rings is 3. The zero-order chi connectivity index (χ0) is 53.7. The Hall–Kier alpha value is -7.16. The number of aromatic amines is 1. The molecule has 26 heteroatoms. The summed E-state index contributed by atoms with van der Waals surface area (Å²) in [5, 5.41) is 28.1. The Kier molecular flexibility index (Phi) is 23.0. The first-order chi connectivity index (χ1) is 34.7. The molecule has 0 fully saturated rings. The van der Waals surface area contributed by atoms with E-state index in [9.17, 15) is 56.7 Å². The number of amides is 8. The standard InChI is InChI=1S/C47H59N9O14S3/c1-27(57)51-37(22-29-13-15-31(16-14-29)70-73(67,68)69)45(64)53-34(17-19-71-2)43(62)50-26-40(58)52-38(23-30-25-49-33-12-8-7-11-32(30)33)46(65)54-35(18-20-72-3)44(63)56-39(24-41(59)60)47(66)55-36(42(48)61)21-28-9-5-4-6-10-28/h4-16,25,34-39,49H,17-24,26H2,1-3H3,(H2,48,61)(H,50,62)(H,51,57)(H,52,58)(H,53,64)(H,54,65)(H,55,66)(H,56,63)(H,59,60)(H,67,68,69)/t34-,35+,36-,37-,38-,39-/m0/s1. The first kappa shape index (κ1) is 58.4. The summed E-state index contributed by atoms with van der Waals surface area (Å²) in [6.07, 6.45) is 4.09. The predicted molar refractivity (Wildman–Crippen MR) is 272 cm³/mol. The molecule has 0 bridgehead atoms. The first-order valence-corrected chi connectivity index (χ1v) is 26.7. The number of hydrogen-bond acceptors (Lipinski definition) is 14. The van der Waals surface area contributed by atoms with Gasteiger partial charge in [-0.15, -0.1) is 0 Å². The largest absolute Gasteiger partial charge is 0.481 e. The fourth-order valence-electron chi connectivity index (χ4n) is 7.31. The molecule has 0 radical (unpaired) electrons. The fourth-order valence-corrected chi connectivity index (χ4v) is 8.61. The lowest BCUT2D eigenvalue weighted by atomic mass is 10.0. The van der Waals surface area contributed by atoms with Crippen LogP contribution < -0.4 is 47.1 Å². The number of carbonyl (C=O) groups excluding carboxylic acids is 8. The van der Waals surface area contributed by atoms with E-state index in [1.54, 1.807) is 73.3 Å². The van der Waals surface area contributed by atoms with Crippen LogP contribution in [0.4, 0.5) is 0 Å². The third kappa shape index (κ3) is 20.1. The van der Waals surface area contributed by atoms with Crippen LogP contribution in [0.1, 0.15) is 42.9 Å². The van der Waals surface area contributed by atoms with Crippen LogP contribution >= 0.6 is 23.5 Å². The van der Waals surface area contributed by atoms with Crippen LogP contribution in [0.25, 0.3) is 10.9 Å². The zero-order valence-corrected chi connectivity index (χ0v) is 42.5. The molecule has 8 amide bonds. The second-order valence-corrected chi connectivity index (χ2v) is 19.5. The highest BCUT2D eigenvalue weighted by atomic mass is 32.3. The number of H-pyrrole nitrogens is 1. The molecule has 0 aliphatic carbocycles. The van der Waals surface area contributed by atoms with Crippen molar-refractivity contribution in [2.24, 2.45) is 5.73 Å². The van der Waals surface area contributed by atoms with Gasteiger partial charge in [-0.05, 0) is 71.7 Å². The Morgan fingerprint density at radius 3 is 1.71 bits per heavy atom. The number of para-hydroxylation sites is 1. The zero-order valence-electron chi connectivity index (χ0n) is 40.0. The van der Waals surface area contributed by atoms with Crippen molar-refractivity contribution < 1.29 is 65.4 Å². The summed E-state index contributed by atoms with van der Waals surface area (Å²) in [5.41, 5.74) is 7.98. The van der Waals surface area contributed by atoms with E-state index in [1.165, 1.54) is 54.7 Å². The van der Waals surface area contributed by atoms with Crippen LogP contribution in [-0.2, 0) is 72.8 Å². The molecule has 1 heterocycles. The van der Waals surface area contributed by atoms with Crippen molar-refractivity contribution in [3.63, 3.8) is 0 Å². The summed E-state index contributed by atoms with van der Waals surface area (Å²) in [6, 6.07) is 12.8. The molecular weight excluding hydrogens is 1010 g/mol. The smallest absolute Gasteiger partial charge is 0.446 e. The number of carboxylic acid groups (broad SMARTS) is 1. The Morgan fingerprint density at radius 2 is 1.14 bits per heavy atom. The third-order valence-electron chi connectivity index (χ3n) is 10.9. The molecule has 23 nitrogen and oxygen atoms in total. The van der Waals surface area contributed by atoms with Gasteiger partial charge in [-0.2, -0.15) is 31.9 Å². The molecule has 0 spiro atoms. The normalized spacial score (nSPS) is 13.6.